The minimum Gasteiger partial charge on any atom is -0.463 e. The number of rotatable bonds is 2. The zero-order valence-corrected chi connectivity index (χ0v) is 12.8. The van der Waals surface area contributed by atoms with E-state index in [1.165, 1.54) is 6.26 Å². The van der Waals surface area contributed by atoms with E-state index in [0.717, 1.165) is 4.90 Å². The van der Waals surface area contributed by atoms with Crippen LogP contribution in [0.4, 0.5) is 5.82 Å². The summed E-state index contributed by atoms with van der Waals surface area (Å²) in [7, 11) is 0. The van der Waals surface area contributed by atoms with Crippen LogP contribution < -0.4 is 4.90 Å². The third-order valence-corrected chi connectivity index (χ3v) is 4.03. The topological polar surface area (TPSA) is 124 Å². The van der Waals surface area contributed by atoms with Crippen LogP contribution in [-0.4, -0.2) is 21.8 Å². The van der Waals surface area contributed by atoms with Crippen molar-refractivity contribution in [3.63, 3.8) is 0 Å². The highest BCUT2D eigenvalue weighted by Crippen LogP contribution is 2.35. The van der Waals surface area contributed by atoms with Gasteiger partial charge in [-0.05, 0) is 12.1 Å². The van der Waals surface area contributed by atoms with E-state index in [1.807, 2.05) is 0 Å². The number of carbonyl (C=O) groups is 2. The minimum atomic E-state index is -0.509. The minimum absolute atomic E-state index is 0.0681. The molecular weight excluding hydrogens is 310 g/mol. The molecule has 118 valence electrons. The van der Waals surface area contributed by atoms with Gasteiger partial charge in [-0.3, -0.25) is 9.59 Å². The van der Waals surface area contributed by atoms with Crippen LogP contribution in [0.15, 0.2) is 22.8 Å². The summed E-state index contributed by atoms with van der Waals surface area (Å²) in [6, 6.07) is 6.71. The molecule has 0 spiro atoms. The Balaban J connectivity index is 2.28. The average molecular weight is 321 g/mol. The summed E-state index contributed by atoms with van der Waals surface area (Å²) < 4.78 is 5.27. The fraction of sp³-hybridized carbons (Fsp3) is 0.250. The van der Waals surface area contributed by atoms with Gasteiger partial charge in [0.15, 0.2) is 28.7 Å². The normalized spacial score (nSPS) is 20.1. The Bertz CT molecular complexity index is 900. The predicted octanol–water partition coefficient (Wildman–Crippen LogP) is 1.63. The molecule has 1 aliphatic heterocycles. The van der Waals surface area contributed by atoms with Gasteiger partial charge in [0.05, 0.1) is 6.26 Å². The number of imide groups is 1. The van der Waals surface area contributed by atoms with E-state index >= 15 is 0 Å². The van der Waals surface area contributed by atoms with Gasteiger partial charge in [0.1, 0.15) is 12.1 Å². The van der Waals surface area contributed by atoms with Crippen LogP contribution in [0.3, 0.4) is 0 Å². The van der Waals surface area contributed by atoms with Gasteiger partial charge in [0.25, 0.3) is 0 Å². The number of carbonyl (C=O) groups excluding carboxylic acids is 2. The fourth-order valence-electron chi connectivity index (χ4n) is 2.47. The van der Waals surface area contributed by atoms with Gasteiger partial charge in [-0.2, -0.15) is 10.5 Å². The first-order valence-corrected chi connectivity index (χ1v) is 7.13. The van der Waals surface area contributed by atoms with Crippen LogP contribution in [-0.2, 0) is 9.59 Å². The van der Waals surface area contributed by atoms with Crippen molar-refractivity contribution in [3.05, 3.63) is 29.8 Å². The number of hydrogen-bond acceptors (Lipinski definition) is 7. The summed E-state index contributed by atoms with van der Waals surface area (Å²) in [5.41, 5.74) is -0.387. The van der Waals surface area contributed by atoms with Crippen LogP contribution in [0.5, 0.6) is 0 Å². The summed E-state index contributed by atoms with van der Waals surface area (Å²) in [4.78, 5) is 34.0. The van der Waals surface area contributed by atoms with E-state index in [9.17, 15) is 9.59 Å². The number of hydrogen-bond donors (Lipinski definition) is 0. The summed E-state index contributed by atoms with van der Waals surface area (Å²) in [5.74, 6) is -1.72. The van der Waals surface area contributed by atoms with E-state index in [-0.39, 0.29) is 28.7 Å². The van der Waals surface area contributed by atoms with E-state index in [1.54, 1.807) is 38.1 Å². The van der Waals surface area contributed by atoms with Crippen LogP contribution in [0.1, 0.15) is 25.2 Å². The molecule has 2 aromatic rings. The molecule has 0 bridgehead atoms. The number of anilines is 1. The van der Waals surface area contributed by atoms with Gasteiger partial charge < -0.3 is 4.42 Å². The zero-order valence-electron chi connectivity index (χ0n) is 12.8. The Morgan fingerprint density at radius 3 is 2.17 bits per heavy atom. The molecule has 8 nitrogen and oxygen atoms in total. The molecule has 2 amide bonds. The third kappa shape index (κ3) is 2.13. The molecule has 0 radical (unpaired) electrons. The Kier molecular flexibility index (Phi) is 3.59. The van der Waals surface area contributed by atoms with Crippen molar-refractivity contribution in [2.24, 2.45) is 11.8 Å². The first-order valence-electron chi connectivity index (χ1n) is 7.13. The van der Waals surface area contributed by atoms with Crippen LogP contribution in [0, 0.1) is 34.5 Å². The van der Waals surface area contributed by atoms with E-state index in [4.69, 9.17) is 14.9 Å². The second-order valence-electron chi connectivity index (χ2n) is 5.38. The molecule has 3 heterocycles. The molecule has 24 heavy (non-hydrogen) atoms. The van der Waals surface area contributed by atoms with Gasteiger partial charge >= 0.3 is 0 Å². The Morgan fingerprint density at radius 1 is 1.08 bits per heavy atom. The lowest BCUT2D eigenvalue weighted by Gasteiger charge is -2.16. The second-order valence-corrected chi connectivity index (χ2v) is 5.38. The average Bonchev–Trinajstić information content (AvgIpc) is 3.19. The number of amides is 2. The smallest absolute Gasteiger partial charge is 0.238 e. The summed E-state index contributed by atoms with van der Waals surface area (Å²) in [6.07, 6.45) is 1.39. The van der Waals surface area contributed by atoms with Crippen LogP contribution in [0.2, 0.25) is 0 Å². The monoisotopic (exact) mass is 321 g/mol. The maximum Gasteiger partial charge on any atom is 0.238 e. The molecule has 8 heteroatoms. The maximum atomic E-state index is 12.5. The molecule has 0 saturated carbocycles. The lowest BCUT2D eigenvalue weighted by molar-refractivity contribution is -0.122. The van der Waals surface area contributed by atoms with E-state index < -0.39 is 23.7 Å². The van der Waals surface area contributed by atoms with Crippen molar-refractivity contribution in [2.75, 3.05) is 4.90 Å². The quantitative estimate of drug-likeness (QED) is 0.770. The molecule has 1 fully saturated rings. The molecule has 0 aliphatic carbocycles. The lowest BCUT2D eigenvalue weighted by Crippen LogP contribution is -2.32. The van der Waals surface area contributed by atoms with E-state index in [0.29, 0.717) is 0 Å². The highest BCUT2D eigenvalue weighted by molar-refractivity contribution is 6.22. The molecule has 2 aromatic heterocycles. The standard InChI is InChI=1S/C16H11N5O3/c1-8-9(2)16(23)21(15(8)22)14-13(12-4-3-5-24-12)19-10(6-17)11(7-18)20-14/h3-5,8-9H,1-2H3. The number of aromatic nitrogens is 2. The van der Waals surface area contributed by atoms with Crippen molar-refractivity contribution in [3.8, 4) is 23.6 Å². The van der Waals surface area contributed by atoms with Gasteiger partial charge in [0.2, 0.25) is 11.8 Å². The van der Waals surface area contributed by atoms with Crippen molar-refractivity contribution in [1.29, 1.82) is 10.5 Å². The largest absolute Gasteiger partial charge is 0.463 e. The highest BCUT2D eigenvalue weighted by atomic mass is 16.3. The SMILES string of the molecule is CC1C(=O)N(c2nc(C#N)c(C#N)nc2-c2ccco2)C(=O)C1C. The van der Waals surface area contributed by atoms with Gasteiger partial charge in [-0.1, -0.05) is 13.8 Å². The molecule has 1 aliphatic rings. The van der Waals surface area contributed by atoms with E-state index in [2.05, 4.69) is 9.97 Å². The molecule has 2 unspecified atom stereocenters. The number of nitrogens with zero attached hydrogens (tertiary/aromatic N) is 5. The number of nitriles is 2. The first-order chi connectivity index (χ1) is 11.5. The molecule has 3 rings (SSSR count). The summed E-state index contributed by atoms with van der Waals surface area (Å²) >= 11 is 0. The van der Waals surface area contributed by atoms with Crippen molar-refractivity contribution >= 4 is 17.6 Å². The molecule has 0 N–H and O–H groups in total. The Morgan fingerprint density at radius 2 is 1.67 bits per heavy atom. The van der Waals surface area contributed by atoms with Crippen molar-refractivity contribution in [2.45, 2.75) is 13.8 Å². The second kappa shape index (κ2) is 5.60. The molecule has 1 saturated heterocycles. The van der Waals surface area contributed by atoms with Crippen molar-refractivity contribution in [1.82, 2.24) is 9.97 Å². The first kappa shape index (κ1) is 15.4. The molecular formula is C16H11N5O3. The Labute approximate surface area is 137 Å². The Hall–Kier alpha value is -3.52. The molecule has 2 atom stereocenters. The lowest BCUT2D eigenvalue weighted by atomic mass is 10.00. The highest BCUT2D eigenvalue weighted by Gasteiger charge is 2.45. The maximum absolute atomic E-state index is 12.5. The van der Waals surface area contributed by atoms with Gasteiger partial charge in [-0.25, -0.2) is 14.9 Å². The zero-order chi connectivity index (χ0) is 17.4. The summed E-state index contributed by atoms with van der Waals surface area (Å²) in [6.45, 7) is 3.31. The van der Waals surface area contributed by atoms with Crippen molar-refractivity contribution < 1.29 is 14.0 Å². The number of furan rings is 1. The third-order valence-electron chi connectivity index (χ3n) is 4.03. The molecule has 0 aromatic carbocycles. The fourth-order valence-corrected chi connectivity index (χ4v) is 2.47. The summed E-state index contributed by atoms with van der Waals surface area (Å²) in [5, 5.41) is 18.3. The van der Waals surface area contributed by atoms with Crippen LogP contribution in [0.25, 0.3) is 11.5 Å². The van der Waals surface area contributed by atoms with Crippen LogP contribution >= 0.6 is 0 Å². The van der Waals surface area contributed by atoms with Gasteiger partial charge in [0, 0.05) is 11.8 Å². The predicted molar refractivity (Wildman–Crippen MR) is 80.0 cm³/mol. The van der Waals surface area contributed by atoms with Gasteiger partial charge in [-0.15, -0.1) is 0 Å².